The fourth-order valence-electron chi connectivity index (χ4n) is 3.26. The van der Waals surface area contributed by atoms with E-state index in [4.69, 9.17) is 4.74 Å². The number of sulfonamides is 1. The van der Waals surface area contributed by atoms with Crippen molar-refractivity contribution in [2.24, 2.45) is 0 Å². The molecule has 0 spiro atoms. The summed E-state index contributed by atoms with van der Waals surface area (Å²) in [5.41, 5.74) is 0.276. The second-order valence-electron chi connectivity index (χ2n) is 6.73. The number of methoxy groups -OCH3 is 1. The quantitative estimate of drug-likeness (QED) is 0.540. The van der Waals surface area contributed by atoms with E-state index in [2.05, 4.69) is 5.32 Å². The van der Waals surface area contributed by atoms with Crippen LogP contribution in [0.15, 0.2) is 41.3 Å². The van der Waals surface area contributed by atoms with Crippen LogP contribution in [0.5, 0.6) is 5.75 Å². The third-order valence-corrected chi connectivity index (χ3v) is 6.70. The minimum absolute atomic E-state index is 0.0811. The number of anilines is 1. The van der Waals surface area contributed by atoms with Crippen LogP contribution in [0, 0.1) is 15.9 Å². The van der Waals surface area contributed by atoms with Crippen LogP contribution in [-0.2, 0) is 16.6 Å². The van der Waals surface area contributed by atoms with Gasteiger partial charge in [0.15, 0.2) is 11.6 Å². The van der Waals surface area contributed by atoms with E-state index in [-0.39, 0.29) is 22.9 Å². The first-order chi connectivity index (χ1) is 13.8. The van der Waals surface area contributed by atoms with Crippen LogP contribution < -0.4 is 10.1 Å². The summed E-state index contributed by atoms with van der Waals surface area (Å²) in [5.74, 6) is -0.959. The lowest BCUT2D eigenvalue weighted by molar-refractivity contribution is -0.384. The van der Waals surface area contributed by atoms with Crippen molar-refractivity contribution in [1.29, 1.82) is 0 Å². The van der Waals surface area contributed by atoms with Gasteiger partial charge in [-0.1, -0.05) is 18.6 Å². The molecule has 0 amide bonds. The zero-order chi connectivity index (χ0) is 21.0. The summed E-state index contributed by atoms with van der Waals surface area (Å²) in [6.45, 7) is 1.14. The second-order valence-corrected chi connectivity index (χ2v) is 8.66. The van der Waals surface area contributed by atoms with Crippen molar-refractivity contribution >= 4 is 21.4 Å². The minimum Gasteiger partial charge on any atom is -0.494 e. The van der Waals surface area contributed by atoms with E-state index in [1.165, 1.54) is 23.5 Å². The summed E-state index contributed by atoms with van der Waals surface area (Å²) in [7, 11) is -2.31. The number of nitrogens with zero attached hydrogens (tertiary/aromatic N) is 2. The molecule has 0 saturated carbocycles. The number of ether oxygens (including phenoxy) is 1. The predicted octanol–water partition coefficient (Wildman–Crippen LogP) is 3.53. The van der Waals surface area contributed by atoms with Crippen molar-refractivity contribution in [3.05, 3.63) is 57.9 Å². The Hall–Kier alpha value is -2.72. The molecule has 0 unspecified atom stereocenters. The molecule has 10 heteroatoms. The normalized spacial score (nSPS) is 15.1. The molecule has 0 aliphatic carbocycles. The Morgan fingerprint density at radius 1 is 1.21 bits per heavy atom. The molecule has 2 aromatic rings. The summed E-state index contributed by atoms with van der Waals surface area (Å²) < 4.78 is 45.8. The molecule has 1 aliphatic rings. The lowest BCUT2D eigenvalue weighted by atomic mass is 10.2. The lowest BCUT2D eigenvalue weighted by Gasteiger charge is -2.26. The third kappa shape index (κ3) is 4.65. The van der Waals surface area contributed by atoms with Gasteiger partial charge in [0, 0.05) is 25.7 Å². The Balaban J connectivity index is 1.82. The molecule has 0 bridgehead atoms. The highest BCUT2D eigenvalue weighted by Crippen LogP contribution is 2.32. The van der Waals surface area contributed by atoms with Gasteiger partial charge < -0.3 is 10.1 Å². The van der Waals surface area contributed by atoms with Crippen molar-refractivity contribution in [3.63, 3.8) is 0 Å². The number of piperidine rings is 1. The Bertz CT molecular complexity index is 1010. The van der Waals surface area contributed by atoms with Gasteiger partial charge >= 0.3 is 0 Å². The number of nitro benzene ring substituents is 1. The summed E-state index contributed by atoms with van der Waals surface area (Å²) in [6.07, 6.45) is 2.71. The molecule has 0 radical (unpaired) electrons. The molecule has 1 aliphatic heterocycles. The molecular weight excluding hydrogens is 401 g/mol. The smallest absolute Gasteiger partial charge is 0.295 e. The van der Waals surface area contributed by atoms with Gasteiger partial charge in [-0.3, -0.25) is 10.1 Å². The van der Waals surface area contributed by atoms with E-state index in [1.807, 2.05) is 0 Å². The standard InChI is InChI=1S/C19H22FN3O5S/c1-28-19-12-17(18(23(24)25)11-16(19)20)21-13-14-6-5-7-15(10-14)29(26,27)22-8-3-2-4-9-22/h5-7,10-12,21H,2-4,8-9,13H2,1H3. The zero-order valence-corrected chi connectivity index (χ0v) is 16.7. The van der Waals surface area contributed by atoms with Gasteiger partial charge in [0.2, 0.25) is 10.0 Å². The van der Waals surface area contributed by atoms with Crippen molar-refractivity contribution in [1.82, 2.24) is 4.31 Å². The SMILES string of the molecule is COc1cc(NCc2cccc(S(=O)(=O)N3CCCCC3)c2)c([N+](=O)[O-])cc1F. The van der Waals surface area contributed by atoms with Gasteiger partial charge in [-0.2, -0.15) is 4.31 Å². The van der Waals surface area contributed by atoms with Crippen molar-refractivity contribution in [3.8, 4) is 5.75 Å². The molecule has 8 nitrogen and oxygen atoms in total. The van der Waals surface area contributed by atoms with Crippen molar-refractivity contribution in [2.45, 2.75) is 30.7 Å². The van der Waals surface area contributed by atoms with E-state index in [0.29, 0.717) is 18.7 Å². The minimum atomic E-state index is -3.58. The van der Waals surface area contributed by atoms with E-state index < -0.39 is 26.5 Å². The zero-order valence-electron chi connectivity index (χ0n) is 15.9. The van der Waals surface area contributed by atoms with E-state index in [9.17, 15) is 22.9 Å². The molecule has 2 aromatic carbocycles. The average Bonchev–Trinajstić information content (AvgIpc) is 2.73. The van der Waals surface area contributed by atoms with Crippen LogP contribution in [0.25, 0.3) is 0 Å². The first kappa shape index (κ1) is 21.0. The first-order valence-corrected chi connectivity index (χ1v) is 10.6. The van der Waals surface area contributed by atoms with Gasteiger partial charge in [-0.25, -0.2) is 12.8 Å². The Kier molecular flexibility index (Phi) is 6.33. The number of nitrogens with one attached hydrogen (secondary N) is 1. The highest BCUT2D eigenvalue weighted by Gasteiger charge is 2.26. The van der Waals surface area contributed by atoms with Gasteiger partial charge in [0.25, 0.3) is 5.69 Å². The van der Waals surface area contributed by atoms with Crippen LogP contribution in [0.2, 0.25) is 0 Å². The molecule has 156 valence electrons. The van der Waals surface area contributed by atoms with Crippen LogP contribution >= 0.6 is 0 Å². The van der Waals surface area contributed by atoms with Gasteiger partial charge in [-0.15, -0.1) is 0 Å². The van der Waals surface area contributed by atoms with Crippen LogP contribution in [0.3, 0.4) is 0 Å². The number of nitro groups is 1. The second kappa shape index (κ2) is 8.75. The fourth-order valence-corrected chi connectivity index (χ4v) is 4.85. The summed E-state index contributed by atoms with van der Waals surface area (Å²) in [4.78, 5) is 10.7. The van der Waals surface area contributed by atoms with Crippen molar-refractivity contribution < 1.29 is 22.5 Å². The number of benzene rings is 2. The average molecular weight is 423 g/mol. The Labute approximate surface area is 168 Å². The number of rotatable bonds is 7. The molecule has 1 heterocycles. The Morgan fingerprint density at radius 2 is 1.93 bits per heavy atom. The third-order valence-electron chi connectivity index (χ3n) is 4.80. The van der Waals surface area contributed by atoms with E-state index >= 15 is 0 Å². The molecule has 1 fully saturated rings. The maximum absolute atomic E-state index is 13.8. The summed E-state index contributed by atoms with van der Waals surface area (Å²) in [5, 5.41) is 14.1. The monoisotopic (exact) mass is 423 g/mol. The maximum atomic E-state index is 13.8. The van der Waals surface area contributed by atoms with Crippen molar-refractivity contribution in [2.75, 3.05) is 25.5 Å². The predicted molar refractivity (Wildman–Crippen MR) is 106 cm³/mol. The molecule has 1 saturated heterocycles. The molecule has 1 N–H and O–H groups in total. The highest BCUT2D eigenvalue weighted by molar-refractivity contribution is 7.89. The topological polar surface area (TPSA) is 102 Å². The highest BCUT2D eigenvalue weighted by atomic mass is 32.2. The molecule has 0 aromatic heterocycles. The van der Waals surface area contributed by atoms with Crippen LogP contribution in [0.1, 0.15) is 24.8 Å². The maximum Gasteiger partial charge on any atom is 0.295 e. The van der Waals surface area contributed by atoms with E-state index in [0.717, 1.165) is 25.3 Å². The van der Waals surface area contributed by atoms with E-state index in [1.54, 1.807) is 18.2 Å². The summed E-state index contributed by atoms with van der Waals surface area (Å²) in [6, 6.07) is 8.43. The largest absolute Gasteiger partial charge is 0.494 e. The van der Waals surface area contributed by atoms with Crippen LogP contribution in [-0.4, -0.2) is 37.8 Å². The molecular formula is C19H22FN3O5S. The molecule has 29 heavy (non-hydrogen) atoms. The molecule has 0 atom stereocenters. The molecule has 3 rings (SSSR count). The van der Waals surface area contributed by atoms with Gasteiger partial charge in [0.1, 0.15) is 5.69 Å². The number of hydrogen-bond acceptors (Lipinski definition) is 6. The lowest BCUT2D eigenvalue weighted by Crippen LogP contribution is -2.35. The van der Waals surface area contributed by atoms with Gasteiger partial charge in [-0.05, 0) is 30.5 Å². The number of halogens is 1. The van der Waals surface area contributed by atoms with Crippen LogP contribution in [0.4, 0.5) is 15.8 Å². The number of hydrogen-bond donors (Lipinski definition) is 1. The summed E-state index contributed by atoms with van der Waals surface area (Å²) >= 11 is 0. The Morgan fingerprint density at radius 3 is 2.59 bits per heavy atom. The fraction of sp³-hybridized carbons (Fsp3) is 0.368. The van der Waals surface area contributed by atoms with Gasteiger partial charge in [0.05, 0.1) is 23.0 Å². The first-order valence-electron chi connectivity index (χ1n) is 9.18.